The maximum atomic E-state index is 11.6. The first-order valence-electron chi connectivity index (χ1n) is 9.36. The van der Waals surface area contributed by atoms with Crippen molar-refractivity contribution < 1.29 is 9.53 Å². The molecular weight excluding hydrogens is 368 g/mol. The van der Waals surface area contributed by atoms with Crippen LogP contribution in [0.5, 0.6) is 0 Å². The lowest BCUT2D eigenvalue weighted by atomic mass is 10.2. The van der Waals surface area contributed by atoms with Crippen molar-refractivity contribution in [3.05, 3.63) is 66.6 Å². The second-order valence-electron chi connectivity index (χ2n) is 6.61. The molecule has 4 N–H and O–H groups in total. The van der Waals surface area contributed by atoms with Crippen molar-refractivity contribution >= 4 is 34.5 Å². The summed E-state index contributed by atoms with van der Waals surface area (Å²) in [4.78, 5) is 22.2. The van der Waals surface area contributed by atoms with Crippen molar-refractivity contribution in [3.8, 4) is 0 Å². The molecule has 1 saturated heterocycles. The zero-order chi connectivity index (χ0) is 20.1. The molecule has 1 aliphatic heterocycles. The maximum Gasteiger partial charge on any atom is 0.252 e. The van der Waals surface area contributed by atoms with Gasteiger partial charge in [0.05, 0.1) is 24.5 Å². The fourth-order valence-corrected chi connectivity index (χ4v) is 3.16. The Morgan fingerprint density at radius 2 is 1.79 bits per heavy atom. The number of aromatic nitrogens is 2. The number of carbonyl (C=O) groups excluding carboxylic acids is 1. The van der Waals surface area contributed by atoms with Gasteiger partial charge in [-0.25, -0.2) is 4.98 Å². The molecule has 0 atom stereocenters. The molecule has 8 heteroatoms. The van der Waals surface area contributed by atoms with Gasteiger partial charge in [-0.2, -0.15) is 0 Å². The summed E-state index contributed by atoms with van der Waals surface area (Å²) in [5.74, 6) is 0.150. The van der Waals surface area contributed by atoms with Gasteiger partial charge in [-0.15, -0.1) is 0 Å². The molecule has 1 amide bonds. The fourth-order valence-electron chi connectivity index (χ4n) is 3.16. The Balaban J connectivity index is 1.46. The average Bonchev–Trinajstić information content (AvgIpc) is 2.75. The molecule has 3 heterocycles. The summed E-state index contributed by atoms with van der Waals surface area (Å²) in [5, 5.41) is 6.49. The SMILES string of the molecule is NC(=O)c1cnccc1Nc1ccnc(Nc2ccc(N3CCOCC3)cc2)c1. The zero-order valence-electron chi connectivity index (χ0n) is 15.8. The minimum Gasteiger partial charge on any atom is -0.378 e. The van der Waals surface area contributed by atoms with Crippen LogP contribution in [0.4, 0.5) is 28.6 Å². The number of hydrogen-bond donors (Lipinski definition) is 3. The number of ether oxygens (including phenoxy) is 1. The lowest BCUT2D eigenvalue weighted by molar-refractivity contribution is 0.100. The van der Waals surface area contributed by atoms with E-state index in [1.807, 2.05) is 24.3 Å². The van der Waals surface area contributed by atoms with Gasteiger partial charge >= 0.3 is 0 Å². The van der Waals surface area contributed by atoms with E-state index < -0.39 is 5.91 Å². The molecule has 4 rings (SSSR count). The highest BCUT2D eigenvalue weighted by Crippen LogP contribution is 2.24. The minimum atomic E-state index is -0.534. The number of carbonyl (C=O) groups is 1. The summed E-state index contributed by atoms with van der Waals surface area (Å²) >= 11 is 0. The van der Waals surface area contributed by atoms with Crippen LogP contribution < -0.4 is 21.3 Å². The number of anilines is 5. The molecule has 1 fully saturated rings. The smallest absolute Gasteiger partial charge is 0.252 e. The van der Waals surface area contributed by atoms with Crippen LogP contribution in [0.3, 0.4) is 0 Å². The van der Waals surface area contributed by atoms with E-state index in [1.54, 1.807) is 18.5 Å². The first-order valence-corrected chi connectivity index (χ1v) is 9.36. The van der Waals surface area contributed by atoms with Crippen molar-refractivity contribution in [2.45, 2.75) is 0 Å². The van der Waals surface area contributed by atoms with Crippen molar-refractivity contribution in [2.75, 3.05) is 41.8 Å². The monoisotopic (exact) mass is 390 g/mol. The highest BCUT2D eigenvalue weighted by molar-refractivity contribution is 5.98. The molecule has 3 aromatic rings. The van der Waals surface area contributed by atoms with E-state index in [0.29, 0.717) is 17.1 Å². The number of benzene rings is 1. The third-order valence-corrected chi connectivity index (χ3v) is 4.64. The molecule has 0 bridgehead atoms. The number of primary amides is 1. The van der Waals surface area contributed by atoms with Gasteiger partial charge in [-0.05, 0) is 36.4 Å². The highest BCUT2D eigenvalue weighted by atomic mass is 16.5. The van der Waals surface area contributed by atoms with Gasteiger partial charge < -0.3 is 26.0 Å². The maximum absolute atomic E-state index is 11.6. The third-order valence-electron chi connectivity index (χ3n) is 4.64. The number of nitrogens with two attached hydrogens (primary N) is 1. The van der Waals surface area contributed by atoms with Gasteiger partial charge in [-0.1, -0.05) is 0 Å². The van der Waals surface area contributed by atoms with Gasteiger partial charge in [0, 0.05) is 54.8 Å². The van der Waals surface area contributed by atoms with Crippen LogP contribution in [0, 0.1) is 0 Å². The van der Waals surface area contributed by atoms with Crippen LogP contribution in [-0.4, -0.2) is 42.2 Å². The first kappa shape index (κ1) is 18.7. The predicted molar refractivity (Wildman–Crippen MR) is 113 cm³/mol. The van der Waals surface area contributed by atoms with Crippen LogP contribution in [0.25, 0.3) is 0 Å². The molecular formula is C21H22N6O2. The molecule has 0 spiro atoms. The van der Waals surface area contributed by atoms with Crippen molar-refractivity contribution in [2.24, 2.45) is 5.73 Å². The number of nitrogens with zero attached hydrogens (tertiary/aromatic N) is 3. The minimum absolute atomic E-state index is 0.331. The Kier molecular flexibility index (Phi) is 5.53. The van der Waals surface area contributed by atoms with Crippen molar-refractivity contribution in [3.63, 3.8) is 0 Å². The van der Waals surface area contributed by atoms with Crippen LogP contribution in [0.1, 0.15) is 10.4 Å². The van der Waals surface area contributed by atoms with Crippen LogP contribution in [0.15, 0.2) is 61.1 Å². The van der Waals surface area contributed by atoms with E-state index >= 15 is 0 Å². The molecule has 8 nitrogen and oxygen atoms in total. The molecule has 0 unspecified atom stereocenters. The third kappa shape index (κ3) is 4.61. The Morgan fingerprint density at radius 3 is 2.55 bits per heavy atom. The summed E-state index contributed by atoms with van der Waals surface area (Å²) in [6, 6.07) is 13.6. The van der Waals surface area contributed by atoms with E-state index in [4.69, 9.17) is 10.5 Å². The second kappa shape index (κ2) is 8.57. The van der Waals surface area contributed by atoms with Crippen LogP contribution in [0.2, 0.25) is 0 Å². The fraction of sp³-hybridized carbons (Fsp3) is 0.190. The highest BCUT2D eigenvalue weighted by Gasteiger charge is 2.11. The Morgan fingerprint density at radius 1 is 1.00 bits per heavy atom. The number of nitrogens with one attached hydrogen (secondary N) is 2. The van der Waals surface area contributed by atoms with Gasteiger partial charge in [0.1, 0.15) is 5.82 Å². The molecule has 1 aromatic carbocycles. The second-order valence-corrected chi connectivity index (χ2v) is 6.61. The normalized spacial score (nSPS) is 13.7. The molecule has 2 aromatic heterocycles. The summed E-state index contributed by atoms with van der Waals surface area (Å²) in [7, 11) is 0. The standard InChI is InChI=1S/C21H22N6O2/c22-21(28)18-14-23-7-6-19(18)25-16-5-8-24-20(13-16)26-15-1-3-17(4-2-15)27-9-11-29-12-10-27/h1-8,13-14H,9-12H2,(H2,22,28)(H2,23,24,25,26). The molecule has 1 aliphatic rings. The first-order chi connectivity index (χ1) is 14.2. The van der Waals surface area contributed by atoms with Gasteiger partial charge in [-0.3, -0.25) is 9.78 Å². The molecule has 29 heavy (non-hydrogen) atoms. The largest absolute Gasteiger partial charge is 0.378 e. The molecule has 148 valence electrons. The quantitative estimate of drug-likeness (QED) is 0.594. The number of amides is 1. The Hall–Kier alpha value is -3.65. The summed E-state index contributed by atoms with van der Waals surface area (Å²) < 4.78 is 5.40. The average molecular weight is 390 g/mol. The number of pyridine rings is 2. The summed E-state index contributed by atoms with van der Waals surface area (Å²) in [6.45, 7) is 3.34. The van der Waals surface area contributed by atoms with Gasteiger partial charge in [0.2, 0.25) is 0 Å². The van der Waals surface area contributed by atoms with Crippen LogP contribution in [-0.2, 0) is 4.74 Å². The lowest BCUT2D eigenvalue weighted by Crippen LogP contribution is -2.36. The van der Waals surface area contributed by atoms with E-state index in [1.165, 1.54) is 11.9 Å². The number of hydrogen-bond acceptors (Lipinski definition) is 7. The van der Waals surface area contributed by atoms with E-state index in [0.717, 1.165) is 37.7 Å². The Bertz CT molecular complexity index is 986. The van der Waals surface area contributed by atoms with E-state index in [9.17, 15) is 4.79 Å². The zero-order valence-corrected chi connectivity index (χ0v) is 15.8. The van der Waals surface area contributed by atoms with E-state index in [-0.39, 0.29) is 0 Å². The van der Waals surface area contributed by atoms with Crippen molar-refractivity contribution in [1.29, 1.82) is 0 Å². The van der Waals surface area contributed by atoms with Crippen LogP contribution >= 0.6 is 0 Å². The lowest BCUT2D eigenvalue weighted by Gasteiger charge is -2.28. The van der Waals surface area contributed by atoms with Gasteiger partial charge in [0.15, 0.2) is 0 Å². The molecule has 0 aliphatic carbocycles. The number of morpholine rings is 1. The predicted octanol–water partition coefficient (Wildman–Crippen LogP) is 2.90. The van der Waals surface area contributed by atoms with Crippen molar-refractivity contribution in [1.82, 2.24) is 9.97 Å². The Labute approximate surface area is 168 Å². The number of rotatable bonds is 6. The molecule has 0 radical (unpaired) electrons. The topological polar surface area (TPSA) is 105 Å². The summed E-state index contributed by atoms with van der Waals surface area (Å²) in [5.41, 5.74) is 9.24. The van der Waals surface area contributed by atoms with E-state index in [2.05, 4.69) is 37.6 Å². The van der Waals surface area contributed by atoms with Gasteiger partial charge in [0.25, 0.3) is 5.91 Å². The molecule has 0 saturated carbocycles. The summed E-state index contributed by atoms with van der Waals surface area (Å²) in [6.07, 6.45) is 4.74.